The molecule has 2 aromatic carbocycles. The average Bonchev–Trinajstić information content (AvgIpc) is 2.81. The second-order valence-corrected chi connectivity index (χ2v) is 12.1. The molecule has 2 aliphatic rings. The Morgan fingerprint density at radius 3 is 2.38 bits per heavy atom. The second kappa shape index (κ2) is 10.8. The topological polar surface area (TPSA) is 0 Å². The maximum Gasteiger partial charge on any atom is 0.127 e. The van der Waals surface area contributed by atoms with E-state index in [1.165, 1.54) is 63.4 Å². The molecule has 4 rings (SSSR count). The molecule has 2 saturated carbocycles. The molecule has 184 valence electrons. The Morgan fingerprint density at radius 1 is 1.06 bits per heavy atom. The molecule has 0 heterocycles. The summed E-state index contributed by atoms with van der Waals surface area (Å²) in [4.78, 5) is 0. The summed E-state index contributed by atoms with van der Waals surface area (Å²) in [5.74, 6) is 2.45. The Bertz CT molecular complexity index is 959. The van der Waals surface area contributed by atoms with Crippen LogP contribution in [0.4, 0.5) is 4.39 Å². The highest BCUT2D eigenvalue weighted by Gasteiger charge is 2.43. The van der Waals surface area contributed by atoms with Gasteiger partial charge in [0.05, 0.1) is 0 Å². The lowest BCUT2D eigenvalue weighted by atomic mass is 9.56. The minimum absolute atomic E-state index is 0.0599. The average molecular weight is 461 g/mol. The SMILES string of the molecule is C=C(c1ccc(CC(C)C)c(F)c1)C1CCC2(CC1)CC(CCC)CC(c1ccc(C)cc1)C2. The predicted octanol–water partition coefficient (Wildman–Crippen LogP) is 9.91. The zero-order chi connectivity index (χ0) is 24.3. The van der Waals surface area contributed by atoms with Crippen molar-refractivity contribution in [2.75, 3.05) is 0 Å². The Balaban J connectivity index is 1.44. The molecule has 0 radical (unpaired) electrons. The molecule has 0 nitrogen and oxygen atoms in total. The molecule has 2 atom stereocenters. The summed E-state index contributed by atoms with van der Waals surface area (Å²) in [6.07, 6.45) is 12.6. The van der Waals surface area contributed by atoms with Gasteiger partial charge in [0.15, 0.2) is 0 Å². The van der Waals surface area contributed by atoms with Gasteiger partial charge in [0.1, 0.15) is 5.82 Å². The quantitative estimate of drug-likeness (QED) is 0.385. The highest BCUT2D eigenvalue weighted by molar-refractivity contribution is 5.65. The van der Waals surface area contributed by atoms with Crippen molar-refractivity contribution in [3.63, 3.8) is 0 Å². The van der Waals surface area contributed by atoms with E-state index in [2.05, 4.69) is 64.6 Å². The number of hydrogen-bond donors (Lipinski definition) is 0. The van der Waals surface area contributed by atoms with E-state index in [0.29, 0.717) is 23.2 Å². The molecule has 0 aliphatic heterocycles. The van der Waals surface area contributed by atoms with Gasteiger partial charge in [0.25, 0.3) is 0 Å². The lowest BCUT2D eigenvalue weighted by Crippen LogP contribution is -2.36. The first kappa shape index (κ1) is 25.2. The Hall–Kier alpha value is -1.89. The minimum atomic E-state index is -0.0599. The lowest BCUT2D eigenvalue weighted by molar-refractivity contribution is 0.0608. The van der Waals surface area contributed by atoms with Gasteiger partial charge in [-0.3, -0.25) is 0 Å². The first-order chi connectivity index (χ1) is 16.3. The molecule has 2 aromatic rings. The van der Waals surface area contributed by atoms with Crippen molar-refractivity contribution < 1.29 is 4.39 Å². The van der Waals surface area contributed by atoms with Crippen LogP contribution in [0.25, 0.3) is 5.57 Å². The summed E-state index contributed by atoms with van der Waals surface area (Å²) in [7, 11) is 0. The van der Waals surface area contributed by atoms with E-state index in [0.717, 1.165) is 29.0 Å². The van der Waals surface area contributed by atoms with Crippen LogP contribution in [-0.4, -0.2) is 0 Å². The standard InChI is InChI=1S/C33H45F/c1-6-7-26-19-31(28-10-8-24(4)9-11-28)22-33(21-26)16-14-27(15-17-33)25(5)29-12-13-30(18-23(2)3)32(34)20-29/h8-13,20,23,26-27,31H,5-7,14-19,21-22H2,1-4H3. The van der Waals surface area contributed by atoms with E-state index < -0.39 is 0 Å². The van der Waals surface area contributed by atoms with Crippen LogP contribution in [0, 0.1) is 35.9 Å². The summed E-state index contributed by atoms with van der Waals surface area (Å²) in [6.45, 7) is 13.3. The molecule has 1 spiro atoms. The van der Waals surface area contributed by atoms with Crippen molar-refractivity contribution in [1.29, 1.82) is 0 Å². The van der Waals surface area contributed by atoms with E-state index in [9.17, 15) is 4.39 Å². The molecule has 2 unspecified atom stereocenters. The molecule has 0 aromatic heterocycles. The van der Waals surface area contributed by atoms with Gasteiger partial charge in [-0.1, -0.05) is 82.2 Å². The second-order valence-electron chi connectivity index (χ2n) is 12.1. The predicted molar refractivity (Wildman–Crippen MR) is 145 cm³/mol. The molecule has 34 heavy (non-hydrogen) atoms. The third kappa shape index (κ3) is 5.84. The number of aryl methyl sites for hydroxylation is 1. The monoisotopic (exact) mass is 460 g/mol. The number of allylic oxidation sites excluding steroid dienone is 1. The largest absolute Gasteiger partial charge is 0.207 e. The van der Waals surface area contributed by atoms with Crippen LogP contribution in [0.5, 0.6) is 0 Å². The summed E-state index contributed by atoms with van der Waals surface area (Å²) in [5.41, 5.74) is 6.38. The van der Waals surface area contributed by atoms with Crippen LogP contribution in [0.3, 0.4) is 0 Å². The van der Waals surface area contributed by atoms with E-state index in [4.69, 9.17) is 0 Å². The molecule has 0 saturated heterocycles. The summed E-state index contributed by atoms with van der Waals surface area (Å²) in [5, 5.41) is 0. The molecule has 2 aliphatic carbocycles. The molecule has 0 amide bonds. The van der Waals surface area contributed by atoms with Gasteiger partial charge in [-0.2, -0.15) is 0 Å². The Morgan fingerprint density at radius 2 is 1.76 bits per heavy atom. The van der Waals surface area contributed by atoms with Crippen LogP contribution < -0.4 is 0 Å². The number of benzene rings is 2. The maximum absolute atomic E-state index is 14.7. The summed E-state index contributed by atoms with van der Waals surface area (Å²) in [6, 6.07) is 15.2. The van der Waals surface area contributed by atoms with E-state index in [-0.39, 0.29) is 5.82 Å². The number of hydrogen-bond acceptors (Lipinski definition) is 0. The first-order valence-corrected chi connectivity index (χ1v) is 13.8. The molecule has 2 fully saturated rings. The highest BCUT2D eigenvalue weighted by Crippen LogP contribution is 2.56. The number of halogens is 1. The van der Waals surface area contributed by atoms with E-state index in [1.807, 2.05) is 6.07 Å². The van der Waals surface area contributed by atoms with Gasteiger partial charge in [0.2, 0.25) is 0 Å². The zero-order valence-corrected chi connectivity index (χ0v) is 22.0. The fourth-order valence-corrected chi connectivity index (χ4v) is 7.08. The fourth-order valence-electron chi connectivity index (χ4n) is 7.08. The lowest BCUT2D eigenvalue weighted by Gasteiger charge is -2.49. The molecule has 0 bridgehead atoms. The summed E-state index contributed by atoms with van der Waals surface area (Å²) >= 11 is 0. The number of rotatable bonds is 7. The highest BCUT2D eigenvalue weighted by atomic mass is 19.1. The molecular weight excluding hydrogens is 415 g/mol. The minimum Gasteiger partial charge on any atom is -0.207 e. The van der Waals surface area contributed by atoms with Gasteiger partial charge in [-0.25, -0.2) is 4.39 Å². The van der Waals surface area contributed by atoms with Crippen LogP contribution in [0.15, 0.2) is 49.0 Å². The zero-order valence-electron chi connectivity index (χ0n) is 22.0. The Labute approximate surface area is 208 Å². The molecular formula is C33H45F. The van der Waals surface area contributed by atoms with Crippen LogP contribution in [-0.2, 0) is 6.42 Å². The third-order valence-corrected chi connectivity index (χ3v) is 8.86. The van der Waals surface area contributed by atoms with Crippen molar-refractivity contribution in [2.45, 2.75) is 97.8 Å². The molecule has 1 heteroatoms. The molecule has 0 N–H and O–H groups in total. The Kier molecular flexibility index (Phi) is 8.01. The van der Waals surface area contributed by atoms with Crippen molar-refractivity contribution in [3.8, 4) is 0 Å². The van der Waals surface area contributed by atoms with Gasteiger partial charge in [-0.15, -0.1) is 0 Å². The van der Waals surface area contributed by atoms with Crippen molar-refractivity contribution >= 4 is 5.57 Å². The first-order valence-electron chi connectivity index (χ1n) is 13.8. The maximum atomic E-state index is 14.7. The third-order valence-electron chi connectivity index (χ3n) is 8.86. The van der Waals surface area contributed by atoms with Crippen LogP contribution in [0.2, 0.25) is 0 Å². The van der Waals surface area contributed by atoms with Gasteiger partial charge >= 0.3 is 0 Å². The normalized spacial score (nSPS) is 27.3. The van der Waals surface area contributed by atoms with E-state index in [1.54, 1.807) is 11.6 Å². The van der Waals surface area contributed by atoms with Crippen LogP contribution >= 0.6 is 0 Å². The van der Waals surface area contributed by atoms with Crippen molar-refractivity contribution in [1.82, 2.24) is 0 Å². The van der Waals surface area contributed by atoms with E-state index >= 15 is 0 Å². The smallest absolute Gasteiger partial charge is 0.127 e. The van der Waals surface area contributed by atoms with Crippen LogP contribution in [0.1, 0.15) is 107 Å². The fraction of sp³-hybridized carbons (Fsp3) is 0.576. The van der Waals surface area contributed by atoms with Crippen molar-refractivity contribution in [3.05, 3.63) is 77.1 Å². The van der Waals surface area contributed by atoms with Gasteiger partial charge < -0.3 is 0 Å². The van der Waals surface area contributed by atoms with Gasteiger partial charge in [-0.05, 0) is 116 Å². The van der Waals surface area contributed by atoms with Gasteiger partial charge in [0, 0.05) is 0 Å². The summed E-state index contributed by atoms with van der Waals surface area (Å²) < 4.78 is 14.7. The van der Waals surface area contributed by atoms with Crippen molar-refractivity contribution in [2.24, 2.45) is 23.2 Å².